The fraction of sp³-hybridized carbons (Fsp3) is 0.333. The van der Waals surface area contributed by atoms with E-state index < -0.39 is 34.9 Å². The average molecular weight is 372 g/mol. The van der Waals surface area contributed by atoms with Crippen molar-refractivity contribution in [2.45, 2.75) is 38.4 Å². The molecule has 0 fully saturated rings. The smallest absolute Gasteiger partial charge is 0.273 e. The quantitative estimate of drug-likeness (QED) is 0.561. The molecule has 9 nitrogen and oxygen atoms in total. The van der Waals surface area contributed by atoms with Crippen molar-refractivity contribution in [1.82, 2.24) is 10.6 Å². The summed E-state index contributed by atoms with van der Waals surface area (Å²) >= 11 is 0. The Balaban J connectivity index is 1.95. The summed E-state index contributed by atoms with van der Waals surface area (Å²) in [6.07, 6.45) is 4.35. The van der Waals surface area contributed by atoms with Crippen LogP contribution in [-0.4, -0.2) is 46.9 Å². The number of Topliss-reactive ketones (excluding diaryl/α,β-unsaturated/α-hetero) is 1. The molecule has 0 saturated carbocycles. The van der Waals surface area contributed by atoms with Crippen LogP contribution in [0.1, 0.15) is 19.4 Å². The molecule has 0 saturated heterocycles. The van der Waals surface area contributed by atoms with E-state index in [1.165, 1.54) is 37.4 Å². The van der Waals surface area contributed by atoms with Gasteiger partial charge in [0.15, 0.2) is 5.78 Å². The van der Waals surface area contributed by atoms with Crippen LogP contribution in [0.2, 0.25) is 0 Å². The third-order valence-corrected chi connectivity index (χ3v) is 4.03. The van der Waals surface area contributed by atoms with Crippen LogP contribution in [0.5, 0.6) is 0 Å². The van der Waals surface area contributed by atoms with Crippen molar-refractivity contribution < 1.29 is 19.3 Å². The van der Waals surface area contributed by atoms with E-state index in [4.69, 9.17) is 0 Å². The topological polar surface area (TPSA) is 131 Å². The number of nitro groups is 1. The molecule has 3 atom stereocenters. The Morgan fingerprint density at radius 1 is 1.33 bits per heavy atom. The van der Waals surface area contributed by atoms with Gasteiger partial charge in [0.25, 0.3) is 5.69 Å². The fourth-order valence-corrected chi connectivity index (χ4v) is 2.53. The Hall–Kier alpha value is -3.36. The lowest BCUT2D eigenvalue weighted by atomic mass is 10.1. The van der Waals surface area contributed by atoms with E-state index in [1.54, 1.807) is 19.1 Å². The maximum atomic E-state index is 12.3. The highest BCUT2D eigenvalue weighted by atomic mass is 16.6. The van der Waals surface area contributed by atoms with Crippen molar-refractivity contribution in [1.29, 1.82) is 0 Å². The van der Waals surface area contributed by atoms with E-state index in [0.717, 1.165) is 0 Å². The summed E-state index contributed by atoms with van der Waals surface area (Å²) in [6, 6.07) is 3.58. The Bertz CT molecular complexity index is 818. The number of carbonyl (C=O) groups excluding carboxylic acids is 3. The molecule has 0 bridgehead atoms. The lowest BCUT2D eigenvalue weighted by molar-refractivity contribution is -0.385. The van der Waals surface area contributed by atoms with Crippen LogP contribution in [0.4, 0.5) is 5.69 Å². The number of rotatable bonds is 6. The summed E-state index contributed by atoms with van der Waals surface area (Å²) in [5, 5.41) is 16.0. The number of hydrogen-bond donors (Lipinski definition) is 2. The third-order valence-electron chi connectivity index (χ3n) is 4.03. The minimum atomic E-state index is -0.916. The lowest BCUT2D eigenvalue weighted by Gasteiger charge is -2.19. The zero-order chi connectivity index (χ0) is 20.0. The van der Waals surface area contributed by atoms with E-state index >= 15 is 0 Å². The van der Waals surface area contributed by atoms with Gasteiger partial charge in [-0.05, 0) is 19.9 Å². The Labute approximate surface area is 155 Å². The van der Waals surface area contributed by atoms with Crippen LogP contribution < -0.4 is 10.6 Å². The van der Waals surface area contributed by atoms with Crippen LogP contribution in [-0.2, 0) is 20.8 Å². The summed E-state index contributed by atoms with van der Waals surface area (Å²) in [5.74, 6) is -1.33. The van der Waals surface area contributed by atoms with Crippen LogP contribution in [0.25, 0.3) is 0 Å². The molecule has 1 aromatic rings. The first-order chi connectivity index (χ1) is 12.8. The predicted octanol–water partition coefficient (Wildman–Crippen LogP) is 0.725. The first-order valence-electron chi connectivity index (χ1n) is 8.35. The molecule has 2 rings (SSSR count). The zero-order valence-electron chi connectivity index (χ0n) is 14.9. The molecule has 1 aliphatic rings. The van der Waals surface area contributed by atoms with Gasteiger partial charge in [0.1, 0.15) is 18.1 Å². The maximum Gasteiger partial charge on any atom is 0.273 e. The molecule has 27 heavy (non-hydrogen) atoms. The highest BCUT2D eigenvalue weighted by Crippen LogP contribution is 2.18. The summed E-state index contributed by atoms with van der Waals surface area (Å²) < 4.78 is 0. The third kappa shape index (κ3) is 5.30. The molecule has 142 valence electrons. The Morgan fingerprint density at radius 2 is 2.04 bits per heavy atom. The minimum absolute atomic E-state index is 0.159. The molecule has 2 N–H and O–H groups in total. The van der Waals surface area contributed by atoms with Crippen LogP contribution in [0.3, 0.4) is 0 Å². The monoisotopic (exact) mass is 372 g/mol. The number of benzene rings is 1. The number of allylic oxidation sites excluding steroid dienone is 1. The second-order valence-corrected chi connectivity index (χ2v) is 6.10. The van der Waals surface area contributed by atoms with Crippen LogP contribution in [0.15, 0.2) is 41.4 Å². The van der Waals surface area contributed by atoms with Gasteiger partial charge in [-0.15, -0.1) is 0 Å². The molecule has 1 heterocycles. The van der Waals surface area contributed by atoms with Crippen molar-refractivity contribution in [2.75, 3.05) is 0 Å². The number of nitrogens with one attached hydrogen (secondary N) is 2. The van der Waals surface area contributed by atoms with Gasteiger partial charge >= 0.3 is 0 Å². The van der Waals surface area contributed by atoms with Gasteiger partial charge in [-0.1, -0.05) is 24.3 Å². The number of para-hydroxylation sites is 1. The maximum absolute atomic E-state index is 12.3. The van der Waals surface area contributed by atoms with E-state index in [9.17, 15) is 24.5 Å². The van der Waals surface area contributed by atoms with Crippen molar-refractivity contribution in [3.63, 3.8) is 0 Å². The highest BCUT2D eigenvalue weighted by molar-refractivity contribution is 5.98. The van der Waals surface area contributed by atoms with Crippen molar-refractivity contribution >= 4 is 29.5 Å². The zero-order valence-corrected chi connectivity index (χ0v) is 14.9. The Kier molecular flexibility index (Phi) is 6.53. The summed E-state index contributed by atoms with van der Waals surface area (Å²) in [5.41, 5.74) is 0.0911. The first-order valence-corrected chi connectivity index (χ1v) is 8.35. The fourth-order valence-electron chi connectivity index (χ4n) is 2.53. The van der Waals surface area contributed by atoms with Crippen molar-refractivity contribution in [3.05, 3.63) is 52.1 Å². The number of hydrogen-bond acceptors (Lipinski definition) is 6. The normalized spacial score (nSPS) is 19.9. The highest BCUT2D eigenvalue weighted by Gasteiger charge is 2.26. The number of ketones is 1. The Morgan fingerprint density at radius 3 is 2.74 bits per heavy atom. The average Bonchev–Trinajstić information content (AvgIpc) is 2.77. The van der Waals surface area contributed by atoms with Crippen molar-refractivity contribution in [3.8, 4) is 0 Å². The van der Waals surface area contributed by atoms with E-state index in [0.29, 0.717) is 0 Å². The van der Waals surface area contributed by atoms with Gasteiger partial charge in [-0.2, -0.15) is 0 Å². The molecule has 2 unspecified atom stereocenters. The minimum Gasteiger partial charge on any atom is -0.344 e. The largest absolute Gasteiger partial charge is 0.344 e. The molecule has 1 aliphatic heterocycles. The van der Waals surface area contributed by atoms with Gasteiger partial charge in [0.05, 0.1) is 11.3 Å². The molecule has 0 spiro atoms. The van der Waals surface area contributed by atoms with E-state index in [-0.39, 0.29) is 23.5 Å². The summed E-state index contributed by atoms with van der Waals surface area (Å²) in [6.45, 7) is 3.10. The molecule has 0 aromatic heterocycles. The van der Waals surface area contributed by atoms with Gasteiger partial charge in [-0.3, -0.25) is 29.5 Å². The molecule has 1 aromatic carbocycles. The second-order valence-electron chi connectivity index (χ2n) is 6.10. The second kappa shape index (κ2) is 8.84. The van der Waals surface area contributed by atoms with Gasteiger partial charge in [-0.25, -0.2) is 0 Å². The molecular formula is C18H20N4O5. The summed E-state index contributed by atoms with van der Waals surface area (Å²) in [4.78, 5) is 51.0. The van der Waals surface area contributed by atoms with Crippen molar-refractivity contribution in [2.24, 2.45) is 4.99 Å². The number of aliphatic imine (C=N–C) groups is 1. The molecule has 9 heteroatoms. The van der Waals surface area contributed by atoms with Gasteiger partial charge < -0.3 is 10.6 Å². The van der Waals surface area contributed by atoms with Crippen LogP contribution in [0, 0.1) is 10.1 Å². The van der Waals surface area contributed by atoms with Gasteiger partial charge in [0.2, 0.25) is 11.8 Å². The SMILES string of the molecule is CC1N=CC=CC(NC(=O)[C@H](C)NC(=O)Cc2ccccc2[N+](=O)[O-])C1=O. The first kappa shape index (κ1) is 20.0. The number of nitrogens with zero attached hydrogens (tertiary/aromatic N) is 2. The standard InChI is InChI=1S/C18H20N4O5/c1-11-17(24)14(7-5-9-19-11)21-18(25)12(2)20-16(23)10-13-6-3-4-8-15(13)22(26)27/h3-9,11-12,14H,10H2,1-2H3,(H,20,23)(H,21,25)/t11?,12-,14?/m0/s1. The van der Waals surface area contributed by atoms with Crippen LogP contribution >= 0.6 is 0 Å². The van der Waals surface area contributed by atoms with E-state index in [2.05, 4.69) is 15.6 Å². The number of nitro benzene ring substituents is 1. The summed E-state index contributed by atoms with van der Waals surface area (Å²) in [7, 11) is 0. The lowest BCUT2D eigenvalue weighted by Crippen LogP contribution is -2.51. The number of carbonyl (C=O) groups is 3. The van der Waals surface area contributed by atoms with E-state index in [1.807, 2.05) is 0 Å². The predicted molar refractivity (Wildman–Crippen MR) is 98.4 cm³/mol. The molecule has 2 amide bonds. The number of amides is 2. The van der Waals surface area contributed by atoms with Gasteiger partial charge in [0, 0.05) is 17.8 Å². The molecule has 0 aliphatic carbocycles. The molecule has 0 radical (unpaired) electrons. The molecular weight excluding hydrogens is 352 g/mol.